The normalized spacial score (nSPS) is 13.3. The van der Waals surface area contributed by atoms with E-state index in [0.29, 0.717) is 24.1 Å². The summed E-state index contributed by atoms with van der Waals surface area (Å²) in [5, 5.41) is 3.24. The molecule has 0 aliphatic heterocycles. The Balaban J connectivity index is 2.50. The van der Waals surface area contributed by atoms with Crippen LogP contribution < -0.4 is 5.32 Å². The van der Waals surface area contributed by atoms with Crippen molar-refractivity contribution in [2.45, 2.75) is 26.4 Å². The lowest BCUT2D eigenvalue weighted by Crippen LogP contribution is -2.41. The summed E-state index contributed by atoms with van der Waals surface area (Å²) in [6.07, 6.45) is 0. The lowest BCUT2D eigenvalue weighted by Gasteiger charge is -2.28. The second-order valence-electron chi connectivity index (χ2n) is 5.18. The fraction of sp³-hybridized carbons (Fsp3) is 0.571. The summed E-state index contributed by atoms with van der Waals surface area (Å²) in [6, 6.07) is 4.01. The summed E-state index contributed by atoms with van der Waals surface area (Å²) < 4.78 is 26.0. The molecule has 1 aromatic rings. The van der Waals surface area contributed by atoms with E-state index in [2.05, 4.69) is 24.1 Å². The van der Waals surface area contributed by atoms with Gasteiger partial charge >= 0.3 is 0 Å². The van der Waals surface area contributed by atoms with E-state index < -0.39 is 11.6 Å². The van der Waals surface area contributed by atoms with E-state index in [1.54, 1.807) is 0 Å². The molecule has 0 saturated heterocycles. The Labute approximate surface area is 108 Å². The first-order chi connectivity index (χ1) is 8.40. The van der Waals surface area contributed by atoms with Gasteiger partial charge in [-0.15, -0.1) is 0 Å². The fourth-order valence-electron chi connectivity index (χ4n) is 2.09. The molecule has 18 heavy (non-hydrogen) atoms. The first-order valence-electron chi connectivity index (χ1n) is 6.22. The van der Waals surface area contributed by atoms with E-state index in [9.17, 15) is 8.78 Å². The molecule has 0 amide bonds. The number of benzene rings is 1. The van der Waals surface area contributed by atoms with Crippen molar-refractivity contribution in [2.24, 2.45) is 5.92 Å². The van der Waals surface area contributed by atoms with Crippen molar-refractivity contribution in [3.8, 4) is 0 Å². The predicted molar refractivity (Wildman–Crippen MR) is 70.4 cm³/mol. The van der Waals surface area contributed by atoms with Crippen LogP contribution in [-0.4, -0.2) is 31.6 Å². The Kier molecular flexibility index (Phi) is 5.69. The highest BCUT2D eigenvalue weighted by Crippen LogP contribution is 2.09. The maximum absolute atomic E-state index is 13.0. The minimum absolute atomic E-state index is 0.406. The van der Waals surface area contributed by atoms with E-state index in [1.807, 2.05) is 14.1 Å². The van der Waals surface area contributed by atoms with E-state index in [4.69, 9.17) is 0 Å². The summed E-state index contributed by atoms with van der Waals surface area (Å²) >= 11 is 0. The number of halogens is 2. The van der Waals surface area contributed by atoms with Crippen molar-refractivity contribution in [1.29, 1.82) is 0 Å². The second-order valence-corrected chi connectivity index (χ2v) is 5.18. The maximum atomic E-state index is 13.0. The van der Waals surface area contributed by atoms with Crippen LogP contribution in [0.25, 0.3) is 0 Å². The number of nitrogens with one attached hydrogen (secondary N) is 1. The van der Waals surface area contributed by atoms with Gasteiger partial charge in [0, 0.05) is 25.2 Å². The number of nitrogens with zero attached hydrogens (tertiary/aromatic N) is 1. The highest BCUT2D eigenvalue weighted by atomic mass is 19.1. The third kappa shape index (κ3) is 4.70. The summed E-state index contributed by atoms with van der Waals surface area (Å²) in [6.45, 7) is 5.59. The summed E-state index contributed by atoms with van der Waals surface area (Å²) in [5.74, 6) is -0.531. The van der Waals surface area contributed by atoms with Crippen LogP contribution in [0.15, 0.2) is 18.2 Å². The van der Waals surface area contributed by atoms with Gasteiger partial charge in [-0.2, -0.15) is 0 Å². The zero-order valence-corrected chi connectivity index (χ0v) is 11.5. The van der Waals surface area contributed by atoms with Crippen molar-refractivity contribution in [1.82, 2.24) is 10.2 Å². The molecular weight excluding hydrogens is 234 g/mol. The highest BCUT2D eigenvalue weighted by molar-refractivity contribution is 5.17. The molecule has 0 heterocycles. The van der Waals surface area contributed by atoms with Crippen molar-refractivity contribution in [2.75, 3.05) is 20.6 Å². The molecule has 1 unspecified atom stereocenters. The van der Waals surface area contributed by atoms with E-state index in [-0.39, 0.29) is 0 Å². The molecule has 4 heteroatoms. The molecule has 0 bridgehead atoms. The Morgan fingerprint density at radius 2 is 1.67 bits per heavy atom. The van der Waals surface area contributed by atoms with Crippen LogP contribution >= 0.6 is 0 Å². The van der Waals surface area contributed by atoms with Crippen molar-refractivity contribution in [3.05, 3.63) is 35.4 Å². The molecule has 0 aromatic heterocycles. The molecule has 1 atom stereocenters. The van der Waals surface area contributed by atoms with Gasteiger partial charge in [0.15, 0.2) is 0 Å². The highest BCUT2D eigenvalue weighted by Gasteiger charge is 2.14. The monoisotopic (exact) mass is 256 g/mol. The maximum Gasteiger partial charge on any atom is 0.126 e. The molecule has 0 fully saturated rings. The van der Waals surface area contributed by atoms with Crippen LogP contribution in [0.5, 0.6) is 0 Å². The van der Waals surface area contributed by atoms with E-state index in [0.717, 1.165) is 12.6 Å². The standard InChI is InChI=1S/C14H22F2N2/c1-10(2)14(18(3)4)9-17-8-11-5-12(15)7-13(16)6-11/h5-7,10,14,17H,8-9H2,1-4H3. The van der Waals surface area contributed by atoms with Crippen LogP contribution in [0.1, 0.15) is 19.4 Å². The SMILES string of the molecule is CC(C)C(CNCc1cc(F)cc(F)c1)N(C)C. The number of hydrogen-bond acceptors (Lipinski definition) is 2. The third-order valence-electron chi connectivity index (χ3n) is 3.04. The first-order valence-corrected chi connectivity index (χ1v) is 6.22. The van der Waals surface area contributed by atoms with Gasteiger partial charge in [0.25, 0.3) is 0 Å². The molecule has 1 aromatic carbocycles. The number of rotatable bonds is 6. The van der Waals surface area contributed by atoms with E-state index in [1.165, 1.54) is 12.1 Å². The lowest BCUT2D eigenvalue weighted by atomic mass is 10.0. The summed E-state index contributed by atoms with van der Waals surface area (Å²) in [4.78, 5) is 2.16. The van der Waals surface area contributed by atoms with Crippen LogP contribution in [0.3, 0.4) is 0 Å². The third-order valence-corrected chi connectivity index (χ3v) is 3.04. The largest absolute Gasteiger partial charge is 0.311 e. The number of hydrogen-bond donors (Lipinski definition) is 1. The van der Waals surface area contributed by atoms with Gasteiger partial charge in [0.05, 0.1) is 0 Å². The Morgan fingerprint density at radius 1 is 1.11 bits per heavy atom. The second kappa shape index (κ2) is 6.81. The first kappa shape index (κ1) is 15.1. The number of likely N-dealkylation sites (N-methyl/N-ethyl adjacent to an activating group) is 1. The van der Waals surface area contributed by atoms with Gasteiger partial charge < -0.3 is 10.2 Å². The summed E-state index contributed by atoms with van der Waals surface area (Å²) in [7, 11) is 4.07. The smallest absolute Gasteiger partial charge is 0.126 e. The molecule has 0 radical (unpaired) electrons. The van der Waals surface area contributed by atoms with Crippen LogP contribution in [0.2, 0.25) is 0 Å². The van der Waals surface area contributed by atoms with Gasteiger partial charge in [-0.3, -0.25) is 0 Å². The zero-order chi connectivity index (χ0) is 13.7. The molecule has 0 aliphatic carbocycles. The molecule has 0 saturated carbocycles. The Hall–Kier alpha value is -1.00. The predicted octanol–water partition coefficient (Wildman–Crippen LogP) is 2.64. The Bertz CT molecular complexity index is 350. The molecule has 0 spiro atoms. The van der Waals surface area contributed by atoms with Gasteiger partial charge in [0.1, 0.15) is 11.6 Å². The van der Waals surface area contributed by atoms with Gasteiger partial charge in [-0.25, -0.2) is 8.78 Å². The Morgan fingerprint density at radius 3 is 2.11 bits per heavy atom. The van der Waals surface area contributed by atoms with Crippen LogP contribution in [0.4, 0.5) is 8.78 Å². The fourth-order valence-corrected chi connectivity index (χ4v) is 2.09. The minimum Gasteiger partial charge on any atom is -0.311 e. The minimum atomic E-state index is -0.528. The van der Waals surface area contributed by atoms with Gasteiger partial charge in [0.2, 0.25) is 0 Å². The van der Waals surface area contributed by atoms with Gasteiger partial charge in [-0.1, -0.05) is 13.8 Å². The van der Waals surface area contributed by atoms with Gasteiger partial charge in [-0.05, 0) is 37.7 Å². The van der Waals surface area contributed by atoms with Crippen LogP contribution in [0, 0.1) is 17.6 Å². The molecule has 0 aliphatic rings. The molecular formula is C14H22F2N2. The lowest BCUT2D eigenvalue weighted by molar-refractivity contribution is 0.224. The molecule has 1 rings (SSSR count). The van der Waals surface area contributed by atoms with E-state index >= 15 is 0 Å². The van der Waals surface area contributed by atoms with Crippen molar-refractivity contribution < 1.29 is 8.78 Å². The zero-order valence-electron chi connectivity index (χ0n) is 11.5. The average molecular weight is 256 g/mol. The molecule has 1 N–H and O–H groups in total. The summed E-state index contributed by atoms with van der Waals surface area (Å²) in [5.41, 5.74) is 0.633. The van der Waals surface area contributed by atoms with Crippen molar-refractivity contribution >= 4 is 0 Å². The quantitative estimate of drug-likeness (QED) is 0.841. The van der Waals surface area contributed by atoms with Crippen molar-refractivity contribution in [3.63, 3.8) is 0 Å². The van der Waals surface area contributed by atoms with Crippen LogP contribution in [-0.2, 0) is 6.54 Å². The molecule has 102 valence electrons. The average Bonchev–Trinajstić information content (AvgIpc) is 2.21. The topological polar surface area (TPSA) is 15.3 Å². The molecule has 2 nitrogen and oxygen atoms in total.